The van der Waals surface area contributed by atoms with Gasteiger partial charge in [0.2, 0.25) is 0 Å². The number of aromatic nitrogens is 3. The number of benzene rings is 1. The molecule has 3 aromatic rings. The maximum Gasteiger partial charge on any atom is 0.259 e. The Morgan fingerprint density at radius 2 is 1.74 bits per heavy atom. The highest BCUT2D eigenvalue weighted by Gasteiger charge is 2.17. The lowest BCUT2D eigenvalue weighted by atomic mass is 10.1. The van der Waals surface area contributed by atoms with Crippen molar-refractivity contribution in [3.63, 3.8) is 0 Å². The second-order valence-corrected chi connectivity index (χ2v) is 5.51. The van der Waals surface area contributed by atoms with Crippen molar-refractivity contribution in [1.82, 2.24) is 15.0 Å². The first-order chi connectivity index (χ1) is 13.2. The molecule has 8 heteroatoms. The predicted octanol–water partition coefficient (Wildman–Crippen LogP) is 2.75. The van der Waals surface area contributed by atoms with Crippen molar-refractivity contribution >= 4 is 17.4 Å². The normalized spacial score (nSPS) is 10.1. The lowest BCUT2D eigenvalue weighted by Gasteiger charge is -2.16. The minimum atomic E-state index is -0.339. The lowest BCUT2D eigenvalue weighted by molar-refractivity contribution is 0.102. The molecule has 2 heterocycles. The molecule has 2 N–H and O–H groups in total. The molecule has 0 saturated carbocycles. The first-order valence-corrected chi connectivity index (χ1v) is 8.17. The average molecular weight is 365 g/mol. The van der Waals surface area contributed by atoms with Gasteiger partial charge in [-0.25, -0.2) is 4.98 Å². The van der Waals surface area contributed by atoms with Crippen LogP contribution in [0.1, 0.15) is 15.9 Å². The van der Waals surface area contributed by atoms with E-state index in [1.54, 1.807) is 31.6 Å². The summed E-state index contributed by atoms with van der Waals surface area (Å²) < 4.78 is 10.7. The number of ether oxygens (including phenoxy) is 2. The third-order valence-electron chi connectivity index (χ3n) is 3.81. The van der Waals surface area contributed by atoms with Crippen molar-refractivity contribution in [2.24, 2.45) is 0 Å². The second kappa shape index (κ2) is 8.61. The van der Waals surface area contributed by atoms with Crippen molar-refractivity contribution in [3.05, 3.63) is 66.4 Å². The first-order valence-electron chi connectivity index (χ1n) is 8.17. The van der Waals surface area contributed by atoms with Gasteiger partial charge in [-0.2, -0.15) is 0 Å². The van der Waals surface area contributed by atoms with Gasteiger partial charge < -0.3 is 20.1 Å². The number of nitrogens with one attached hydrogen (secondary N) is 2. The summed E-state index contributed by atoms with van der Waals surface area (Å²) in [4.78, 5) is 24.8. The van der Waals surface area contributed by atoms with Gasteiger partial charge in [-0.05, 0) is 23.8 Å². The Morgan fingerprint density at radius 1 is 1.00 bits per heavy atom. The molecule has 0 radical (unpaired) electrons. The van der Waals surface area contributed by atoms with Gasteiger partial charge in [0.05, 0.1) is 31.7 Å². The molecular weight excluding hydrogens is 346 g/mol. The molecule has 1 aromatic carbocycles. The summed E-state index contributed by atoms with van der Waals surface area (Å²) in [5, 5.41) is 5.99. The fourth-order valence-electron chi connectivity index (χ4n) is 2.46. The summed E-state index contributed by atoms with van der Waals surface area (Å²) in [6.07, 6.45) is 7.95. The van der Waals surface area contributed by atoms with E-state index in [9.17, 15) is 4.79 Å². The number of carbonyl (C=O) groups excluding carboxylic acids is 1. The second-order valence-electron chi connectivity index (χ2n) is 5.51. The largest absolute Gasteiger partial charge is 0.493 e. The Morgan fingerprint density at radius 3 is 2.41 bits per heavy atom. The third kappa shape index (κ3) is 4.49. The first kappa shape index (κ1) is 18.1. The molecule has 8 nitrogen and oxygen atoms in total. The van der Waals surface area contributed by atoms with Crippen molar-refractivity contribution < 1.29 is 14.3 Å². The molecule has 2 aromatic heterocycles. The van der Waals surface area contributed by atoms with Crippen LogP contribution in [0.5, 0.6) is 11.5 Å². The minimum absolute atomic E-state index is 0.339. The molecule has 0 aliphatic heterocycles. The van der Waals surface area contributed by atoms with E-state index in [1.807, 2.05) is 12.1 Å². The van der Waals surface area contributed by atoms with Gasteiger partial charge in [0.25, 0.3) is 5.91 Å². The molecular formula is C19H19N5O3. The van der Waals surface area contributed by atoms with Crippen molar-refractivity contribution in [2.75, 3.05) is 24.9 Å². The highest BCUT2D eigenvalue weighted by atomic mass is 16.5. The van der Waals surface area contributed by atoms with Crippen molar-refractivity contribution in [2.45, 2.75) is 6.54 Å². The van der Waals surface area contributed by atoms with E-state index < -0.39 is 0 Å². The molecule has 0 fully saturated rings. The zero-order valence-electron chi connectivity index (χ0n) is 15.0. The highest BCUT2D eigenvalue weighted by molar-refractivity contribution is 6.08. The topological polar surface area (TPSA) is 98.3 Å². The van der Waals surface area contributed by atoms with Crippen LogP contribution in [0.4, 0.5) is 11.5 Å². The Balaban J connectivity index is 1.90. The summed E-state index contributed by atoms with van der Waals surface area (Å²) >= 11 is 0. The molecule has 0 spiro atoms. The van der Waals surface area contributed by atoms with Crippen molar-refractivity contribution in [3.8, 4) is 11.5 Å². The van der Waals surface area contributed by atoms with Crippen LogP contribution in [0.25, 0.3) is 0 Å². The van der Waals surface area contributed by atoms with Crippen molar-refractivity contribution in [1.29, 1.82) is 0 Å². The number of methoxy groups -OCH3 is 2. The number of pyridine rings is 1. The van der Waals surface area contributed by atoms with Crippen LogP contribution in [0, 0.1) is 0 Å². The Kier molecular flexibility index (Phi) is 5.78. The smallest absolute Gasteiger partial charge is 0.259 e. The van der Waals surface area contributed by atoms with Gasteiger partial charge >= 0.3 is 0 Å². The van der Waals surface area contributed by atoms with Crippen LogP contribution in [-0.2, 0) is 6.54 Å². The predicted molar refractivity (Wildman–Crippen MR) is 101 cm³/mol. The molecule has 0 aliphatic carbocycles. The Bertz CT molecular complexity index is 904. The quantitative estimate of drug-likeness (QED) is 0.664. The number of hydrogen-bond acceptors (Lipinski definition) is 7. The van der Waals surface area contributed by atoms with Crippen LogP contribution in [0.2, 0.25) is 0 Å². The number of nitrogens with zero attached hydrogens (tertiary/aromatic N) is 3. The highest BCUT2D eigenvalue weighted by Crippen LogP contribution is 2.34. The molecule has 138 valence electrons. The standard InChI is InChI=1S/C19H19N5O3/c1-26-16-9-14(19(25)24-18-12-21-7-8-22-18)15(10-17(16)27-2)23-11-13-3-5-20-6-4-13/h3-10,12,23H,11H2,1-2H3,(H,22,24,25). The zero-order chi connectivity index (χ0) is 19.1. The number of amides is 1. The van der Waals surface area contributed by atoms with Gasteiger partial charge in [0.1, 0.15) is 0 Å². The summed E-state index contributed by atoms with van der Waals surface area (Å²) in [6.45, 7) is 0.517. The average Bonchev–Trinajstić information content (AvgIpc) is 2.73. The molecule has 3 rings (SSSR count). The number of hydrogen-bond donors (Lipinski definition) is 2. The molecule has 0 saturated heterocycles. The molecule has 0 atom stereocenters. The van der Waals surface area contributed by atoms with Crippen LogP contribution in [0.3, 0.4) is 0 Å². The van der Waals surface area contributed by atoms with Gasteiger partial charge in [0.15, 0.2) is 17.3 Å². The monoisotopic (exact) mass is 365 g/mol. The fraction of sp³-hybridized carbons (Fsp3) is 0.158. The lowest BCUT2D eigenvalue weighted by Crippen LogP contribution is -2.16. The molecule has 1 amide bonds. The minimum Gasteiger partial charge on any atom is -0.493 e. The summed E-state index contributed by atoms with van der Waals surface area (Å²) in [7, 11) is 3.07. The molecule has 0 unspecified atom stereocenters. The molecule has 27 heavy (non-hydrogen) atoms. The zero-order valence-corrected chi connectivity index (χ0v) is 15.0. The van der Waals surface area contributed by atoms with E-state index >= 15 is 0 Å². The van der Waals surface area contributed by atoms with Crippen LogP contribution in [-0.4, -0.2) is 35.1 Å². The van der Waals surface area contributed by atoms with E-state index in [-0.39, 0.29) is 5.91 Å². The van der Waals surface area contributed by atoms with Crippen LogP contribution < -0.4 is 20.1 Å². The van der Waals surface area contributed by atoms with Crippen LogP contribution >= 0.6 is 0 Å². The van der Waals surface area contributed by atoms with Gasteiger partial charge in [-0.15, -0.1) is 0 Å². The Labute approximate surface area is 156 Å². The number of rotatable bonds is 7. The van der Waals surface area contributed by atoms with Gasteiger partial charge in [-0.1, -0.05) is 0 Å². The van der Waals surface area contributed by atoms with Gasteiger partial charge in [-0.3, -0.25) is 14.8 Å². The number of carbonyl (C=O) groups is 1. The van der Waals surface area contributed by atoms with E-state index in [2.05, 4.69) is 25.6 Å². The van der Waals surface area contributed by atoms with E-state index in [4.69, 9.17) is 9.47 Å². The molecule has 0 bridgehead atoms. The maximum atomic E-state index is 12.8. The van der Waals surface area contributed by atoms with E-state index in [0.29, 0.717) is 35.1 Å². The van der Waals surface area contributed by atoms with E-state index in [0.717, 1.165) is 5.56 Å². The van der Waals surface area contributed by atoms with Crippen LogP contribution in [0.15, 0.2) is 55.2 Å². The Hall–Kier alpha value is -3.68. The van der Waals surface area contributed by atoms with Gasteiger partial charge in [0, 0.05) is 37.4 Å². The summed E-state index contributed by atoms with van der Waals surface area (Å²) in [5.74, 6) is 0.994. The fourth-order valence-corrected chi connectivity index (χ4v) is 2.46. The summed E-state index contributed by atoms with van der Waals surface area (Å²) in [6, 6.07) is 7.14. The third-order valence-corrected chi connectivity index (χ3v) is 3.81. The maximum absolute atomic E-state index is 12.8. The number of anilines is 2. The van der Waals surface area contributed by atoms with E-state index in [1.165, 1.54) is 25.7 Å². The molecule has 0 aliphatic rings. The SMILES string of the molecule is COc1cc(NCc2ccncc2)c(C(=O)Nc2cnccn2)cc1OC. The summed E-state index contributed by atoms with van der Waals surface area (Å²) in [5.41, 5.74) is 2.03.